The molecule has 172 valence electrons. The summed E-state index contributed by atoms with van der Waals surface area (Å²) in [7, 11) is 0. The van der Waals surface area contributed by atoms with Crippen LogP contribution in [0.5, 0.6) is 0 Å². The zero-order valence-electron chi connectivity index (χ0n) is 18.4. The zero-order chi connectivity index (χ0) is 24.2. The summed E-state index contributed by atoms with van der Waals surface area (Å²) in [6, 6.07) is 14.3. The first-order valence-electron chi connectivity index (χ1n) is 10.4. The highest BCUT2D eigenvalue weighted by atomic mass is 35.5. The first kappa shape index (κ1) is 23.4. The van der Waals surface area contributed by atoms with Gasteiger partial charge in [0.05, 0.1) is 17.7 Å². The number of rotatable bonds is 6. The SMILES string of the molecule is CCOC(=O)c1nn(-c2ccc(C)cc2)c(=O)c2c(NC(=O)/C=C/c3ccccc3Cl)scc12. The smallest absolute Gasteiger partial charge is 0.359 e. The summed E-state index contributed by atoms with van der Waals surface area (Å²) in [4.78, 5) is 38.6. The molecule has 0 atom stereocenters. The van der Waals surface area contributed by atoms with E-state index in [1.807, 2.05) is 25.1 Å². The van der Waals surface area contributed by atoms with Crippen LogP contribution >= 0.6 is 22.9 Å². The number of fused-ring (bicyclic) bond motifs is 1. The summed E-state index contributed by atoms with van der Waals surface area (Å²) in [5, 5.41) is 9.97. The zero-order valence-corrected chi connectivity index (χ0v) is 19.9. The van der Waals surface area contributed by atoms with E-state index in [9.17, 15) is 14.4 Å². The third-order valence-corrected chi connectivity index (χ3v) is 6.20. The largest absolute Gasteiger partial charge is 0.461 e. The standard InChI is InChI=1S/C25H20ClN3O4S/c1-3-33-25(32)22-18-14-34-23(27-20(30)13-10-16-6-4-5-7-19(16)26)21(18)24(31)29(28-22)17-11-8-15(2)9-12-17/h4-14H,3H2,1-2H3,(H,27,30)/b13-10+. The average Bonchev–Trinajstić information content (AvgIpc) is 3.23. The van der Waals surface area contributed by atoms with Crippen LogP contribution in [-0.2, 0) is 9.53 Å². The molecule has 0 aliphatic heterocycles. The third-order valence-electron chi connectivity index (χ3n) is 4.96. The summed E-state index contributed by atoms with van der Waals surface area (Å²) in [6.07, 6.45) is 2.92. The molecule has 2 heterocycles. The van der Waals surface area contributed by atoms with Gasteiger partial charge in [-0.1, -0.05) is 47.5 Å². The monoisotopic (exact) mass is 493 g/mol. The Balaban J connectivity index is 1.78. The van der Waals surface area contributed by atoms with Gasteiger partial charge in [-0.2, -0.15) is 9.78 Å². The summed E-state index contributed by atoms with van der Waals surface area (Å²) >= 11 is 7.26. The molecule has 4 aromatic rings. The van der Waals surface area contributed by atoms with Crippen molar-refractivity contribution >= 4 is 56.7 Å². The molecule has 0 aliphatic rings. The minimum atomic E-state index is -0.650. The topological polar surface area (TPSA) is 90.3 Å². The number of carbonyl (C=O) groups is 2. The molecule has 0 bridgehead atoms. The first-order valence-corrected chi connectivity index (χ1v) is 11.7. The molecule has 0 fully saturated rings. The van der Waals surface area contributed by atoms with Crippen LogP contribution in [0.1, 0.15) is 28.5 Å². The van der Waals surface area contributed by atoms with Gasteiger partial charge in [0, 0.05) is 21.9 Å². The Morgan fingerprint density at radius 1 is 1.18 bits per heavy atom. The number of halogens is 1. The van der Waals surface area contributed by atoms with Gasteiger partial charge in [-0.05, 0) is 43.7 Å². The molecule has 0 spiro atoms. The van der Waals surface area contributed by atoms with Crippen LogP contribution in [0, 0.1) is 6.92 Å². The molecule has 0 radical (unpaired) electrons. The fourth-order valence-electron chi connectivity index (χ4n) is 3.28. The second kappa shape index (κ2) is 10.0. The number of hydrogen-bond donors (Lipinski definition) is 1. The number of ether oxygens (including phenoxy) is 1. The third kappa shape index (κ3) is 4.78. The Morgan fingerprint density at radius 3 is 2.62 bits per heavy atom. The average molecular weight is 494 g/mol. The Bertz CT molecular complexity index is 1470. The molecule has 0 saturated carbocycles. The van der Waals surface area contributed by atoms with Crippen molar-refractivity contribution in [3.63, 3.8) is 0 Å². The van der Waals surface area contributed by atoms with E-state index in [0.29, 0.717) is 26.7 Å². The van der Waals surface area contributed by atoms with Crippen LogP contribution < -0.4 is 10.9 Å². The highest BCUT2D eigenvalue weighted by molar-refractivity contribution is 7.16. The van der Waals surface area contributed by atoms with Crippen LogP contribution in [0.4, 0.5) is 5.00 Å². The van der Waals surface area contributed by atoms with Crippen molar-refractivity contribution < 1.29 is 14.3 Å². The van der Waals surface area contributed by atoms with Crippen molar-refractivity contribution in [2.45, 2.75) is 13.8 Å². The summed E-state index contributed by atoms with van der Waals surface area (Å²) in [5.41, 5.74) is 1.73. The Kier molecular flexibility index (Phi) is 6.90. The van der Waals surface area contributed by atoms with E-state index >= 15 is 0 Å². The quantitative estimate of drug-likeness (QED) is 0.293. The van der Waals surface area contributed by atoms with E-state index in [0.717, 1.165) is 21.6 Å². The van der Waals surface area contributed by atoms with Crippen LogP contribution in [0.25, 0.3) is 22.5 Å². The highest BCUT2D eigenvalue weighted by Gasteiger charge is 2.23. The Labute approximate surface area is 204 Å². The lowest BCUT2D eigenvalue weighted by molar-refractivity contribution is -0.111. The maximum Gasteiger partial charge on any atom is 0.359 e. The van der Waals surface area contributed by atoms with Gasteiger partial charge < -0.3 is 10.1 Å². The van der Waals surface area contributed by atoms with Gasteiger partial charge >= 0.3 is 5.97 Å². The highest BCUT2D eigenvalue weighted by Crippen LogP contribution is 2.31. The molecule has 0 saturated heterocycles. The van der Waals surface area contributed by atoms with Gasteiger partial charge in [-0.25, -0.2) is 4.79 Å². The molecule has 2 aromatic heterocycles. The predicted octanol–water partition coefficient (Wildman–Crippen LogP) is 5.24. The van der Waals surface area contributed by atoms with E-state index in [2.05, 4.69) is 10.4 Å². The van der Waals surface area contributed by atoms with Crippen molar-refractivity contribution in [1.82, 2.24) is 9.78 Å². The number of benzene rings is 2. The second-order valence-electron chi connectivity index (χ2n) is 7.32. The first-order chi connectivity index (χ1) is 16.4. The van der Waals surface area contributed by atoms with Crippen molar-refractivity contribution in [2.24, 2.45) is 0 Å². The molecule has 0 aliphatic carbocycles. The van der Waals surface area contributed by atoms with Crippen molar-refractivity contribution in [3.8, 4) is 5.69 Å². The lowest BCUT2D eigenvalue weighted by Gasteiger charge is -2.10. The van der Waals surface area contributed by atoms with E-state index < -0.39 is 17.4 Å². The van der Waals surface area contributed by atoms with E-state index in [4.69, 9.17) is 16.3 Å². The van der Waals surface area contributed by atoms with Crippen LogP contribution in [0.15, 0.2) is 64.8 Å². The molecule has 0 unspecified atom stereocenters. The number of aryl methyl sites for hydroxylation is 1. The molecular formula is C25H20ClN3O4S. The van der Waals surface area contributed by atoms with Crippen LogP contribution in [0.2, 0.25) is 5.02 Å². The number of esters is 1. The summed E-state index contributed by atoms with van der Waals surface area (Å²) in [6.45, 7) is 3.78. The van der Waals surface area contributed by atoms with Crippen LogP contribution in [-0.4, -0.2) is 28.3 Å². The molecule has 1 N–H and O–H groups in total. The second-order valence-corrected chi connectivity index (χ2v) is 8.61. The number of hydrogen-bond acceptors (Lipinski definition) is 6. The van der Waals surface area contributed by atoms with Crippen molar-refractivity contribution in [3.05, 3.63) is 92.2 Å². The predicted molar refractivity (Wildman–Crippen MR) is 135 cm³/mol. The fraction of sp³-hybridized carbons (Fsp3) is 0.120. The minimum Gasteiger partial charge on any atom is -0.461 e. The maximum absolute atomic E-state index is 13.4. The van der Waals surface area contributed by atoms with E-state index in [1.165, 1.54) is 6.08 Å². The lowest BCUT2D eigenvalue weighted by atomic mass is 10.2. The van der Waals surface area contributed by atoms with E-state index in [1.54, 1.807) is 48.7 Å². The number of nitrogens with zero attached hydrogens (tertiary/aromatic N) is 2. The normalized spacial score (nSPS) is 11.1. The maximum atomic E-state index is 13.4. The lowest BCUT2D eigenvalue weighted by Crippen LogP contribution is -2.25. The Hall–Kier alpha value is -3.75. The van der Waals surface area contributed by atoms with Gasteiger partial charge in [0.15, 0.2) is 5.69 Å². The molecule has 1 amide bonds. The number of aromatic nitrogens is 2. The number of anilines is 1. The number of amides is 1. The fourth-order valence-corrected chi connectivity index (χ4v) is 4.42. The summed E-state index contributed by atoms with van der Waals surface area (Å²) < 4.78 is 6.30. The molecule has 2 aromatic carbocycles. The molecule has 34 heavy (non-hydrogen) atoms. The Morgan fingerprint density at radius 2 is 1.91 bits per heavy atom. The summed E-state index contributed by atoms with van der Waals surface area (Å²) in [5.74, 6) is -1.10. The van der Waals surface area contributed by atoms with Crippen molar-refractivity contribution in [2.75, 3.05) is 11.9 Å². The molecule has 9 heteroatoms. The van der Waals surface area contributed by atoms with Gasteiger partial charge in [0.1, 0.15) is 5.00 Å². The number of nitrogens with one attached hydrogen (secondary N) is 1. The number of carbonyl (C=O) groups excluding carboxylic acids is 2. The van der Waals surface area contributed by atoms with Gasteiger partial charge in [-0.3, -0.25) is 9.59 Å². The van der Waals surface area contributed by atoms with Gasteiger partial charge in [0.25, 0.3) is 5.56 Å². The molecular weight excluding hydrogens is 474 g/mol. The van der Waals surface area contributed by atoms with E-state index in [-0.39, 0.29) is 17.7 Å². The van der Waals surface area contributed by atoms with Crippen molar-refractivity contribution in [1.29, 1.82) is 0 Å². The molecule has 7 nitrogen and oxygen atoms in total. The van der Waals surface area contributed by atoms with Crippen LogP contribution in [0.3, 0.4) is 0 Å². The number of thiophene rings is 1. The van der Waals surface area contributed by atoms with Gasteiger partial charge in [-0.15, -0.1) is 11.3 Å². The minimum absolute atomic E-state index is 0.000355. The molecule has 4 rings (SSSR count). The van der Waals surface area contributed by atoms with Gasteiger partial charge in [0.2, 0.25) is 5.91 Å².